The standard InChI is InChI=1S/C15H7BrF3N3O2/c16-10-12(13(23)9-5-20-6-21-11(9)14(10)24)22-8-3-1-2-7(4-8)15(17,18)19/h1-6,22H. The number of fused-ring (bicyclic) bond motifs is 1. The second kappa shape index (κ2) is 5.82. The summed E-state index contributed by atoms with van der Waals surface area (Å²) in [7, 11) is 0. The number of alkyl halides is 3. The zero-order valence-electron chi connectivity index (χ0n) is 11.7. The largest absolute Gasteiger partial charge is 0.416 e. The van der Waals surface area contributed by atoms with Gasteiger partial charge >= 0.3 is 6.18 Å². The highest BCUT2D eigenvalue weighted by atomic mass is 79.9. The van der Waals surface area contributed by atoms with E-state index in [1.165, 1.54) is 18.3 Å². The Bertz CT molecular complexity index is 894. The van der Waals surface area contributed by atoms with Crippen molar-refractivity contribution in [3.05, 3.63) is 63.8 Å². The summed E-state index contributed by atoms with van der Waals surface area (Å²) in [5.74, 6) is -1.14. The monoisotopic (exact) mass is 397 g/mol. The molecule has 1 aliphatic carbocycles. The second-order valence-corrected chi connectivity index (χ2v) is 5.63. The maximum absolute atomic E-state index is 12.8. The van der Waals surface area contributed by atoms with Crippen LogP contribution in [0.2, 0.25) is 0 Å². The molecule has 0 spiro atoms. The number of hydrogen-bond donors (Lipinski definition) is 1. The highest BCUT2D eigenvalue weighted by Crippen LogP contribution is 2.33. The lowest BCUT2D eigenvalue weighted by atomic mass is 9.98. The van der Waals surface area contributed by atoms with Crippen molar-refractivity contribution in [2.45, 2.75) is 6.18 Å². The number of benzene rings is 1. The third-order valence-corrected chi connectivity index (χ3v) is 4.03. The number of hydrogen-bond acceptors (Lipinski definition) is 5. The molecule has 9 heteroatoms. The predicted molar refractivity (Wildman–Crippen MR) is 81.7 cm³/mol. The van der Waals surface area contributed by atoms with Crippen molar-refractivity contribution in [2.75, 3.05) is 5.32 Å². The molecule has 1 N–H and O–H groups in total. The van der Waals surface area contributed by atoms with Crippen LogP contribution in [0.1, 0.15) is 26.4 Å². The summed E-state index contributed by atoms with van der Waals surface area (Å²) < 4.78 is 38.2. The minimum Gasteiger partial charge on any atom is -0.351 e. The van der Waals surface area contributed by atoms with Crippen molar-refractivity contribution in [1.82, 2.24) is 9.97 Å². The lowest BCUT2D eigenvalue weighted by Crippen LogP contribution is -2.25. The summed E-state index contributed by atoms with van der Waals surface area (Å²) in [6, 6.07) is 4.32. The van der Waals surface area contributed by atoms with Crippen molar-refractivity contribution in [1.29, 1.82) is 0 Å². The Hall–Kier alpha value is -2.55. The molecule has 1 aromatic carbocycles. The molecule has 0 unspecified atom stereocenters. The van der Waals surface area contributed by atoms with Crippen molar-refractivity contribution >= 4 is 33.2 Å². The Kier molecular flexibility index (Phi) is 3.96. The van der Waals surface area contributed by atoms with Gasteiger partial charge in [-0.1, -0.05) is 6.07 Å². The fraction of sp³-hybridized carbons (Fsp3) is 0.0667. The van der Waals surface area contributed by atoms with Gasteiger partial charge in [-0.3, -0.25) is 9.59 Å². The van der Waals surface area contributed by atoms with E-state index in [-0.39, 0.29) is 27.1 Å². The lowest BCUT2D eigenvalue weighted by Gasteiger charge is -2.18. The third-order valence-electron chi connectivity index (χ3n) is 3.28. The number of carbonyl (C=O) groups is 2. The normalized spacial score (nSPS) is 14.7. The zero-order valence-corrected chi connectivity index (χ0v) is 13.3. The maximum Gasteiger partial charge on any atom is 0.416 e. The molecule has 1 aliphatic rings. The molecular weight excluding hydrogens is 391 g/mol. The van der Waals surface area contributed by atoms with Crippen molar-refractivity contribution < 1.29 is 22.8 Å². The van der Waals surface area contributed by atoms with Gasteiger partial charge in [0.15, 0.2) is 0 Å². The van der Waals surface area contributed by atoms with Crippen LogP contribution in [0, 0.1) is 0 Å². The number of nitrogens with zero attached hydrogens (tertiary/aromatic N) is 2. The van der Waals surface area contributed by atoms with Crippen LogP contribution in [-0.4, -0.2) is 21.5 Å². The van der Waals surface area contributed by atoms with Crippen molar-refractivity contribution in [3.8, 4) is 0 Å². The number of allylic oxidation sites excluding steroid dienone is 2. The molecule has 1 heterocycles. The Balaban J connectivity index is 2.00. The van der Waals surface area contributed by atoms with E-state index in [0.717, 1.165) is 18.5 Å². The van der Waals surface area contributed by atoms with Gasteiger partial charge in [0.05, 0.1) is 15.6 Å². The third kappa shape index (κ3) is 2.82. The molecule has 0 bridgehead atoms. The van der Waals surface area contributed by atoms with Crippen LogP contribution >= 0.6 is 15.9 Å². The molecule has 0 saturated heterocycles. The van der Waals surface area contributed by atoms with Gasteiger partial charge in [-0.2, -0.15) is 13.2 Å². The Labute approximate surface area is 141 Å². The van der Waals surface area contributed by atoms with Crippen molar-refractivity contribution in [3.63, 3.8) is 0 Å². The van der Waals surface area contributed by atoms with E-state index in [1.807, 2.05) is 0 Å². The SMILES string of the molecule is O=C1C(Nc2cccc(C(F)(F)F)c2)=C(Br)C(=O)c2ncncc21. The fourth-order valence-corrected chi connectivity index (χ4v) is 2.62. The summed E-state index contributed by atoms with van der Waals surface area (Å²) in [6.07, 6.45) is -2.19. The van der Waals surface area contributed by atoms with Crippen LogP contribution in [0.25, 0.3) is 0 Å². The van der Waals surface area contributed by atoms with Gasteiger partial charge in [0.2, 0.25) is 11.6 Å². The van der Waals surface area contributed by atoms with Crippen LogP contribution < -0.4 is 5.32 Å². The molecule has 0 amide bonds. The molecule has 0 aliphatic heterocycles. The fourth-order valence-electron chi connectivity index (χ4n) is 2.16. The molecule has 2 aromatic rings. The Morgan fingerprint density at radius 2 is 1.88 bits per heavy atom. The molecule has 3 rings (SSSR count). The smallest absolute Gasteiger partial charge is 0.351 e. The van der Waals surface area contributed by atoms with E-state index >= 15 is 0 Å². The number of rotatable bonds is 2. The van der Waals surface area contributed by atoms with Gasteiger partial charge in [0, 0.05) is 11.9 Å². The quantitative estimate of drug-likeness (QED) is 0.838. The first-order valence-electron chi connectivity index (χ1n) is 6.52. The first-order valence-corrected chi connectivity index (χ1v) is 7.32. The van der Waals surface area contributed by atoms with Gasteiger partial charge in [0.25, 0.3) is 0 Å². The topological polar surface area (TPSA) is 72.0 Å². The Morgan fingerprint density at radius 3 is 2.58 bits per heavy atom. The van der Waals surface area contributed by atoms with E-state index in [1.54, 1.807) is 0 Å². The number of ketones is 2. The lowest BCUT2D eigenvalue weighted by molar-refractivity contribution is -0.137. The summed E-state index contributed by atoms with van der Waals surface area (Å²) >= 11 is 3.01. The first kappa shape index (κ1) is 16.3. The van der Waals surface area contributed by atoms with Gasteiger partial charge in [-0.25, -0.2) is 9.97 Å². The van der Waals surface area contributed by atoms with Crippen LogP contribution in [0.3, 0.4) is 0 Å². The average Bonchev–Trinajstić information content (AvgIpc) is 2.56. The van der Waals surface area contributed by atoms with E-state index in [4.69, 9.17) is 0 Å². The summed E-state index contributed by atoms with van der Waals surface area (Å²) in [5, 5.41) is 2.57. The molecule has 5 nitrogen and oxygen atoms in total. The highest BCUT2D eigenvalue weighted by Gasteiger charge is 2.34. The average molecular weight is 398 g/mol. The minimum atomic E-state index is -4.52. The Morgan fingerprint density at radius 1 is 1.12 bits per heavy atom. The predicted octanol–water partition coefficient (Wildman–Crippen LogP) is 3.59. The van der Waals surface area contributed by atoms with Crippen molar-refractivity contribution in [2.24, 2.45) is 0 Å². The van der Waals surface area contributed by atoms with E-state index in [0.29, 0.717) is 0 Å². The van der Waals surface area contributed by atoms with Crippen LogP contribution in [0.15, 0.2) is 47.0 Å². The summed E-state index contributed by atoms with van der Waals surface area (Å²) in [6.45, 7) is 0. The van der Waals surface area contributed by atoms with E-state index < -0.39 is 23.3 Å². The van der Waals surface area contributed by atoms with Gasteiger partial charge < -0.3 is 5.32 Å². The number of aromatic nitrogens is 2. The summed E-state index contributed by atoms with van der Waals surface area (Å²) in [5.41, 5.74) is -1.08. The molecule has 1 aromatic heterocycles. The zero-order chi connectivity index (χ0) is 17.5. The van der Waals surface area contributed by atoms with Crippen LogP contribution in [-0.2, 0) is 6.18 Å². The van der Waals surface area contributed by atoms with Gasteiger partial charge in [0.1, 0.15) is 17.7 Å². The van der Waals surface area contributed by atoms with E-state index in [2.05, 4.69) is 31.2 Å². The summed E-state index contributed by atoms with van der Waals surface area (Å²) in [4.78, 5) is 32.1. The molecule has 0 atom stereocenters. The highest BCUT2D eigenvalue weighted by molar-refractivity contribution is 9.12. The second-order valence-electron chi connectivity index (χ2n) is 4.84. The molecule has 0 fully saturated rings. The number of halogens is 4. The number of nitrogens with one attached hydrogen (secondary N) is 1. The van der Waals surface area contributed by atoms with Gasteiger partial charge in [-0.05, 0) is 34.1 Å². The van der Waals surface area contributed by atoms with E-state index in [9.17, 15) is 22.8 Å². The first-order chi connectivity index (χ1) is 11.3. The maximum atomic E-state index is 12.8. The molecule has 0 saturated carbocycles. The molecule has 24 heavy (non-hydrogen) atoms. The molecule has 0 radical (unpaired) electrons. The number of Topliss-reactive ketones (excluding diaryl/α,β-unsaturated/α-hetero) is 2. The number of carbonyl (C=O) groups excluding carboxylic acids is 2. The molecular formula is C15H7BrF3N3O2. The number of anilines is 1. The molecule has 122 valence electrons. The van der Waals surface area contributed by atoms with Gasteiger partial charge in [-0.15, -0.1) is 0 Å². The minimum absolute atomic E-state index is 0.0137. The van der Waals surface area contributed by atoms with Crippen LogP contribution in [0.5, 0.6) is 0 Å². The van der Waals surface area contributed by atoms with Crippen LogP contribution in [0.4, 0.5) is 18.9 Å².